The Morgan fingerprint density at radius 3 is 2.54 bits per heavy atom. The molecule has 2 aromatic carbocycles. The summed E-state index contributed by atoms with van der Waals surface area (Å²) in [4.78, 5) is 12.1. The number of ether oxygens (including phenoxy) is 1. The molecule has 1 unspecified atom stereocenters. The van der Waals surface area contributed by atoms with Crippen LogP contribution < -0.4 is 15.4 Å². The highest BCUT2D eigenvalue weighted by atomic mass is 16.5. The van der Waals surface area contributed by atoms with Gasteiger partial charge in [0.05, 0.1) is 6.61 Å². The summed E-state index contributed by atoms with van der Waals surface area (Å²) in [5.74, 6) is 0.687. The summed E-state index contributed by atoms with van der Waals surface area (Å²) in [6, 6.07) is 15.2. The van der Waals surface area contributed by atoms with E-state index in [4.69, 9.17) is 9.84 Å². The molecule has 0 aliphatic heterocycles. The van der Waals surface area contributed by atoms with Crippen molar-refractivity contribution in [1.29, 1.82) is 0 Å². The average Bonchev–Trinajstić information content (AvgIpc) is 2.56. The normalized spacial score (nSPS) is 11.6. The molecule has 5 nitrogen and oxygen atoms in total. The molecular weight excluding hydrogens is 304 g/mol. The number of hydrogen-bond acceptors (Lipinski definition) is 4. The van der Waals surface area contributed by atoms with E-state index >= 15 is 0 Å². The van der Waals surface area contributed by atoms with E-state index in [1.807, 2.05) is 62.4 Å². The fraction of sp³-hybridized carbons (Fsp3) is 0.316. The van der Waals surface area contributed by atoms with Crippen LogP contribution in [0.3, 0.4) is 0 Å². The number of para-hydroxylation sites is 1. The lowest BCUT2D eigenvalue weighted by Gasteiger charge is -2.16. The zero-order valence-electron chi connectivity index (χ0n) is 14.1. The van der Waals surface area contributed by atoms with Gasteiger partial charge in [0.1, 0.15) is 12.4 Å². The number of amides is 1. The molecule has 0 bridgehead atoms. The van der Waals surface area contributed by atoms with Gasteiger partial charge < -0.3 is 20.5 Å². The van der Waals surface area contributed by atoms with Gasteiger partial charge in [0, 0.05) is 23.8 Å². The second-order valence-electron chi connectivity index (χ2n) is 5.71. The molecule has 0 aliphatic rings. The first-order valence-electron chi connectivity index (χ1n) is 8.04. The molecule has 1 amide bonds. The number of benzene rings is 2. The third-order valence-corrected chi connectivity index (χ3v) is 3.54. The van der Waals surface area contributed by atoms with Gasteiger partial charge in [-0.3, -0.25) is 4.79 Å². The van der Waals surface area contributed by atoms with Gasteiger partial charge >= 0.3 is 0 Å². The Bertz CT molecular complexity index is 656. The number of anilines is 2. The van der Waals surface area contributed by atoms with Crippen molar-refractivity contribution in [3.05, 3.63) is 54.1 Å². The lowest BCUT2D eigenvalue weighted by molar-refractivity contribution is -0.116. The highest BCUT2D eigenvalue weighted by Gasteiger charge is 2.10. The third-order valence-electron chi connectivity index (χ3n) is 3.54. The van der Waals surface area contributed by atoms with Crippen LogP contribution in [0.5, 0.6) is 5.75 Å². The van der Waals surface area contributed by atoms with E-state index in [0.717, 1.165) is 16.9 Å². The van der Waals surface area contributed by atoms with Gasteiger partial charge in [-0.15, -0.1) is 0 Å². The highest BCUT2D eigenvalue weighted by Crippen LogP contribution is 2.18. The largest absolute Gasteiger partial charge is 0.491 e. The quantitative estimate of drug-likeness (QED) is 0.696. The molecule has 0 heterocycles. The minimum atomic E-state index is -0.0211. The molecule has 128 valence electrons. The second-order valence-corrected chi connectivity index (χ2v) is 5.71. The van der Waals surface area contributed by atoms with Crippen LogP contribution >= 0.6 is 0 Å². The first-order valence-corrected chi connectivity index (χ1v) is 8.04. The summed E-state index contributed by atoms with van der Waals surface area (Å²) in [5, 5.41) is 15.0. The van der Waals surface area contributed by atoms with Crippen LogP contribution in [0.1, 0.15) is 18.9 Å². The average molecular weight is 328 g/mol. The molecule has 2 rings (SSSR count). The summed E-state index contributed by atoms with van der Waals surface area (Å²) in [6.45, 7) is 4.21. The zero-order valence-corrected chi connectivity index (χ0v) is 14.1. The molecule has 0 aliphatic carbocycles. The molecule has 0 fully saturated rings. The highest BCUT2D eigenvalue weighted by molar-refractivity contribution is 5.92. The van der Waals surface area contributed by atoms with E-state index in [-0.39, 0.29) is 25.2 Å². The molecule has 0 saturated heterocycles. The summed E-state index contributed by atoms with van der Waals surface area (Å²) in [6.07, 6.45) is 0.372. The number of rotatable bonds is 8. The van der Waals surface area contributed by atoms with Crippen molar-refractivity contribution in [1.82, 2.24) is 0 Å². The Labute approximate surface area is 142 Å². The monoisotopic (exact) mass is 328 g/mol. The third kappa shape index (κ3) is 5.59. The summed E-state index contributed by atoms with van der Waals surface area (Å²) in [7, 11) is 0. The van der Waals surface area contributed by atoms with Crippen molar-refractivity contribution in [2.24, 2.45) is 0 Å². The van der Waals surface area contributed by atoms with Crippen LogP contribution in [0.25, 0.3) is 0 Å². The van der Waals surface area contributed by atoms with Gasteiger partial charge in [0.2, 0.25) is 5.91 Å². The Kier molecular flexibility index (Phi) is 6.63. The maximum absolute atomic E-state index is 12.1. The lowest BCUT2D eigenvalue weighted by Crippen LogP contribution is -2.24. The number of aliphatic hydroxyl groups excluding tert-OH is 1. The fourth-order valence-electron chi connectivity index (χ4n) is 2.34. The van der Waals surface area contributed by atoms with E-state index in [0.29, 0.717) is 12.2 Å². The first-order chi connectivity index (χ1) is 11.6. The van der Waals surface area contributed by atoms with E-state index in [1.165, 1.54) is 0 Å². The predicted molar refractivity (Wildman–Crippen MR) is 96.5 cm³/mol. The topological polar surface area (TPSA) is 70.6 Å². The number of carbonyl (C=O) groups excluding carboxylic acids is 1. The van der Waals surface area contributed by atoms with Crippen molar-refractivity contribution >= 4 is 17.3 Å². The van der Waals surface area contributed by atoms with Gasteiger partial charge in [-0.05, 0) is 49.7 Å². The summed E-state index contributed by atoms with van der Waals surface area (Å²) >= 11 is 0. The summed E-state index contributed by atoms with van der Waals surface area (Å²) < 4.78 is 5.32. The number of aliphatic hydroxyl groups is 1. The molecule has 1 atom stereocenters. The van der Waals surface area contributed by atoms with E-state index in [1.54, 1.807) is 0 Å². The SMILES string of the molecule is Cc1ccccc1NC(=O)CC(C)Nc1ccc(OCCO)cc1. The number of aryl methyl sites for hydroxylation is 1. The van der Waals surface area contributed by atoms with E-state index in [9.17, 15) is 4.79 Å². The van der Waals surface area contributed by atoms with Crippen molar-refractivity contribution in [3.8, 4) is 5.75 Å². The number of nitrogens with one attached hydrogen (secondary N) is 2. The minimum Gasteiger partial charge on any atom is -0.491 e. The summed E-state index contributed by atoms with van der Waals surface area (Å²) in [5.41, 5.74) is 2.81. The standard InChI is InChI=1S/C19H24N2O3/c1-14-5-3-4-6-18(14)21-19(23)13-15(2)20-16-7-9-17(10-8-16)24-12-11-22/h3-10,15,20,22H,11-13H2,1-2H3,(H,21,23). The predicted octanol–water partition coefficient (Wildman–Crippen LogP) is 3.20. The maximum Gasteiger partial charge on any atom is 0.226 e. The number of hydrogen-bond donors (Lipinski definition) is 3. The lowest BCUT2D eigenvalue weighted by atomic mass is 10.1. The Balaban J connectivity index is 1.83. The molecule has 0 spiro atoms. The molecular formula is C19H24N2O3. The Hall–Kier alpha value is -2.53. The van der Waals surface area contributed by atoms with Gasteiger partial charge in [0.15, 0.2) is 0 Å². The smallest absolute Gasteiger partial charge is 0.226 e. The molecule has 0 aromatic heterocycles. The van der Waals surface area contributed by atoms with Crippen LogP contribution in [-0.4, -0.2) is 30.3 Å². The molecule has 0 radical (unpaired) electrons. The van der Waals surface area contributed by atoms with Gasteiger partial charge in [-0.25, -0.2) is 0 Å². The first kappa shape index (κ1) is 17.8. The van der Waals surface area contributed by atoms with Crippen molar-refractivity contribution in [3.63, 3.8) is 0 Å². The van der Waals surface area contributed by atoms with Crippen LogP contribution in [-0.2, 0) is 4.79 Å². The minimum absolute atomic E-state index is 0.00164. The fourth-order valence-corrected chi connectivity index (χ4v) is 2.34. The maximum atomic E-state index is 12.1. The van der Waals surface area contributed by atoms with Crippen molar-refractivity contribution in [2.45, 2.75) is 26.3 Å². The van der Waals surface area contributed by atoms with Crippen LogP contribution in [0.2, 0.25) is 0 Å². The van der Waals surface area contributed by atoms with Crippen LogP contribution in [0, 0.1) is 6.92 Å². The van der Waals surface area contributed by atoms with Crippen molar-refractivity contribution in [2.75, 3.05) is 23.8 Å². The molecule has 24 heavy (non-hydrogen) atoms. The van der Waals surface area contributed by atoms with Crippen LogP contribution in [0.15, 0.2) is 48.5 Å². The van der Waals surface area contributed by atoms with Crippen LogP contribution in [0.4, 0.5) is 11.4 Å². The van der Waals surface area contributed by atoms with Gasteiger partial charge in [0.25, 0.3) is 0 Å². The molecule has 0 saturated carbocycles. The molecule has 2 aromatic rings. The van der Waals surface area contributed by atoms with Gasteiger partial charge in [-0.1, -0.05) is 18.2 Å². The Morgan fingerprint density at radius 1 is 1.17 bits per heavy atom. The number of carbonyl (C=O) groups is 1. The van der Waals surface area contributed by atoms with E-state index in [2.05, 4.69) is 10.6 Å². The van der Waals surface area contributed by atoms with Gasteiger partial charge in [-0.2, -0.15) is 0 Å². The van der Waals surface area contributed by atoms with E-state index < -0.39 is 0 Å². The zero-order chi connectivity index (χ0) is 17.4. The second kappa shape index (κ2) is 8.93. The Morgan fingerprint density at radius 2 is 1.88 bits per heavy atom. The molecule has 5 heteroatoms. The molecule has 3 N–H and O–H groups in total. The van der Waals surface area contributed by atoms with Crippen molar-refractivity contribution < 1.29 is 14.6 Å².